The molecule has 32 nitrogen and oxygen atoms in total. The van der Waals surface area contributed by atoms with E-state index in [4.69, 9.17) is 71.2 Å². The highest BCUT2D eigenvalue weighted by atomic mass is 35.5. The number of carbonyl (C=O) groups is 3. The molecule has 14 heterocycles. The number of phenols is 1. The number of hydrogen-bond donors (Lipinski definition) is 3. The predicted octanol–water partition coefficient (Wildman–Crippen LogP) is 16.0. The lowest BCUT2D eigenvalue weighted by Gasteiger charge is -2.44. The van der Waals surface area contributed by atoms with Gasteiger partial charge in [0.1, 0.15) is 57.5 Å². The van der Waals surface area contributed by atoms with E-state index in [0.717, 1.165) is 15.7 Å². The van der Waals surface area contributed by atoms with E-state index >= 15 is 17.6 Å². The van der Waals surface area contributed by atoms with Crippen molar-refractivity contribution in [3.63, 3.8) is 0 Å². The maximum atomic E-state index is 16.3. The number of rotatable bonds is 15. The summed E-state index contributed by atoms with van der Waals surface area (Å²) in [7, 11) is 5.48. The fraction of sp³-hybridized carbons (Fsp3) is 0.323. The molecule has 4 aromatic carbocycles. The highest BCUT2D eigenvalue weighted by Gasteiger charge is 2.41. The van der Waals surface area contributed by atoms with Crippen LogP contribution in [0.25, 0.3) is 117 Å². The van der Waals surface area contributed by atoms with Crippen LogP contribution < -0.4 is 43.2 Å². The van der Waals surface area contributed by atoms with E-state index in [2.05, 4.69) is 49.6 Å². The van der Waals surface area contributed by atoms with Crippen molar-refractivity contribution in [3.8, 4) is 56.6 Å². The Bertz CT molecular complexity index is 7030. The van der Waals surface area contributed by atoms with Crippen molar-refractivity contribution < 1.29 is 37.1 Å². The summed E-state index contributed by atoms with van der Waals surface area (Å²) in [6.07, 6.45) is 8.80. The van der Waals surface area contributed by atoms with Crippen molar-refractivity contribution in [1.29, 1.82) is 0 Å². The summed E-state index contributed by atoms with van der Waals surface area (Å²) in [6, 6.07) is 17.2. The van der Waals surface area contributed by atoms with E-state index in [9.17, 15) is 33.9 Å². The van der Waals surface area contributed by atoms with E-state index in [1.54, 1.807) is 76.5 Å². The van der Waals surface area contributed by atoms with Crippen molar-refractivity contribution in [1.82, 2.24) is 96.9 Å². The molecule has 0 saturated carbocycles. The average Bonchev–Trinajstić information content (AvgIpc) is 1.09. The first-order valence-corrected chi connectivity index (χ1v) is 46.0. The number of fused-ring (bicyclic) bond motifs is 6. The zero-order valence-corrected chi connectivity index (χ0v) is 81.3. The van der Waals surface area contributed by atoms with Crippen LogP contribution in [0.5, 0.6) is 5.75 Å². The van der Waals surface area contributed by atoms with Crippen molar-refractivity contribution in [3.05, 3.63) is 234 Å². The minimum atomic E-state index is -0.801. The molecule has 3 fully saturated rings. The number of amides is 3. The molecule has 6 atom stereocenters. The minimum Gasteiger partial charge on any atom is -0.507 e. The standard InChI is InChI=1S/C33H33ClF2N8O2.C33H35ClFN9O2.C33H34ClFN8O3/c1-7-25(45)42-13-18(5)43(14-17(42)4)31-19-11-20(34)28(27-21(35)9-8-10-23(27)37)39-32(19)44(33(46)40-31)30-22(36)12-24-29(26(30)16(2)3)38-15-41(24)6;1-8-24(45)42-13-18(5)43(14-17(42)4)30-20-12-21(34)27(26-22(35)10-9-11-23(26)36)39-31(20)44(33(46)40-30)29-19(6)38-32-28(25(29)16(2)3)37-15-41(32)7;1-8-24(45)41-13-18(5)42(14-17(41)4)30-20-12-21(34)27(26-22(35)10-9-11-23(26)44)38-31(20)43(33(46)39-30)29-19(6)37-32-28(25(29)16(2)3)36-15-40(32)7/h7-12,15-18H,1,13-14,37H2,2-6H3;8-12,15-18H,1,13-14,36H2,2-7H3;8-12,15-18,44H,1,13-14H2,2-7H3/t3*17-,18+/m111/s1. The summed E-state index contributed by atoms with van der Waals surface area (Å²) < 4.78 is 71.4. The third kappa shape index (κ3) is 16.7. The molecular formula is C99H102Cl3F4N25O7. The number of aromatic nitrogens is 17. The van der Waals surface area contributed by atoms with E-state index in [1.807, 2.05) is 128 Å². The number of aryl methyl sites for hydroxylation is 5. The summed E-state index contributed by atoms with van der Waals surface area (Å²) in [5.41, 5.74) is 18.6. The summed E-state index contributed by atoms with van der Waals surface area (Å²) >= 11 is 20.5. The van der Waals surface area contributed by atoms with Crippen LogP contribution in [0.4, 0.5) is 46.4 Å². The molecule has 0 aliphatic carbocycles. The molecule has 0 bridgehead atoms. The van der Waals surface area contributed by atoms with Crippen LogP contribution in [-0.2, 0) is 35.5 Å². The number of aromatic hydroxyl groups is 1. The number of piperazine rings is 3. The summed E-state index contributed by atoms with van der Waals surface area (Å²) in [4.78, 5) is 143. The number of imidazole rings is 3. The monoisotopic (exact) mass is 1930 g/mol. The van der Waals surface area contributed by atoms with E-state index in [0.29, 0.717) is 129 Å². The van der Waals surface area contributed by atoms with Crippen LogP contribution in [0.15, 0.2) is 150 Å². The Labute approximate surface area is 804 Å². The molecule has 3 aliphatic heterocycles. The van der Waals surface area contributed by atoms with Crippen LogP contribution >= 0.6 is 34.8 Å². The molecule has 5 N–H and O–H groups in total. The number of carbonyl (C=O) groups excluding carboxylic acids is 3. The first kappa shape index (κ1) is 96.6. The smallest absolute Gasteiger partial charge is 0.355 e. The summed E-state index contributed by atoms with van der Waals surface area (Å²) in [6.45, 7) is 40.0. The molecule has 0 unspecified atom stereocenters. The van der Waals surface area contributed by atoms with Gasteiger partial charge in [0.25, 0.3) is 0 Å². The second-order valence-corrected chi connectivity index (χ2v) is 37.4. The number of nitrogen functional groups attached to an aromatic ring is 2. The van der Waals surface area contributed by atoms with Gasteiger partial charge < -0.3 is 59.7 Å². The van der Waals surface area contributed by atoms with Gasteiger partial charge in [0, 0.05) is 131 Å². The number of anilines is 5. The summed E-state index contributed by atoms with van der Waals surface area (Å²) in [5.74, 6) is -3.04. The zero-order chi connectivity index (χ0) is 99.6. The van der Waals surface area contributed by atoms with Gasteiger partial charge in [-0.15, -0.1) is 0 Å². The number of pyridine rings is 5. The number of phenolic OH excluding ortho intramolecular Hbond substituents is 1. The van der Waals surface area contributed by atoms with Gasteiger partial charge in [-0.2, -0.15) is 15.0 Å². The van der Waals surface area contributed by atoms with Crippen LogP contribution in [0.2, 0.25) is 15.1 Å². The molecule has 138 heavy (non-hydrogen) atoms. The fourth-order valence-corrected chi connectivity index (χ4v) is 19.9. The maximum Gasteiger partial charge on any atom is 0.355 e. The Morgan fingerprint density at radius 2 is 0.725 bits per heavy atom. The average molecular weight is 1940 g/mol. The predicted molar refractivity (Wildman–Crippen MR) is 532 cm³/mol. The fourth-order valence-electron chi connectivity index (χ4n) is 19.2. The molecule has 3 amide bonds. The van der Waals surface area contributed by atoms with Crippen LogP contribution in [0.1, 0.15) is 129 Å². The van der Waals surface area contributed by atoms with Crippen molar-refractivity contribution in [2.24, 2.45) is 21.1 Å². The van der Waals surface area contributed by atoms with Crippen LogP contribution in [-0.4, -0.2) is 195 Å². The van der Waals surface area contributed by atoms with Gasteiger partial charge in [-0.1, -0.05) is 114 Å². The highest BCUT2D eigenvalue weighted by molar-refractivity contribution is 6.35. The van der Waals surface area contributed by atoms with E-state index < -0.39 is 40.3 Å². The Morgan fingerprint density at radius 3 is 1.06 bits per heavy atom. The molecule has 11 aromatic heterocycles. The maximum absolute atomic E-state index is 16.3. The Kier molecular flexibility index (Phi) is 26.3. The number of halogens is 7. The lowest BCUT2D eigenvalue weighted by molar-refractivity contribution is -0.129. The lowest BCUT2D eigenvalue weighted by atomic mass is 9.98. The van der Waals surface area contributed by atoms with Gasteiger partial charge in [-0.25, -0.2) is 85.5 Å². The molecular weight excluding hydrogens is 1830 g/mol. The molecule has 39 heteroatoms. The van der Waals surface area contributed by atoms with Crippen LogP contribution in [0.3, 0.4) is 0 Å². The molecule has 0 spiro atoms. The first-order valence-electron chi connectivity index (χ1n) is 44.8. The molecule has 3 aliphatic rings. The molecule has 15 aromatic rings. The van der Waals surface area contributed by atoms with Gasteiger partial charge in [0.15, 0.2) is 28.2 Å². The second kappa shape index (κ2) is 37.5. The molecule has 3 saturated heterocycles. The number of hydrogen-bond acceptors (Lipinski definition) is 23. The topological polar surface area (TPSA) is 365 Å². The Balaban J connectivity index is 0.000000150. The summed E-state index contributed by atoms with van der Waals surface area (Å²) in [5, 5.41) is 12.2. The van der Waals surface area contributed by atoms with Crippen molar-refractivity contribution in [2.75, 3.05) is 65.4 Å². The Hall–Kier alpha value is -14.5. The van der Waals surface area contributed by atoms with E-state index in [1.165, 1.54) is 82.0 Å². The third-order valence-corrected chi connectivity index (χ3v) is 26.7. The van der Waals surface area contributed by atoms with Gasteiger partial charge in [-0.3, -0.25) is 14.4 Å². The Morgan fingerprint density at radius 1 is 0.413 bits per heavy atom. The molecule has 0 radical (unpaired) electrons. The number of nitrogens with zero attached hydrogens (tertiary/aromatic N) is 23. The van der Waals surface area contributed by atoms with Gasteiger partial charge in [0.05, 0.1) is 123 Å². The van der Waals surface area contributed by atoms with Crippen LogP contribution in [0, 0.1) is 37.1 Å². The van der Waals surface area contributed by atoms with Gasteiger partial charge in [-0.05, 0) is 146 Å². The largest absolute Gasteiger partial charge is 0.507 e. The van der Waals surface area contributed by atoms with Crippen molar-refractivity contribution >= 4 is 148 Å². The molecule has 18 rings (SSSR count). The van der Waals surface area contributed by atoms with Gasteiger partial charge in [0.2, 0.25) is 17.7 Å². The molecule has 714 valence electrons. The third-order valence-electron chi connectivity index (χ3n) is 25.8. The van der Waals surface area contributed by atoms with E-state index in [-0.39, 0.29) is 166 Å². The number of nitrogens with two attached hydrogens (primary N) is 2. The SMILES string of the molecule is C=CC(=O)N1C[C@H](C)N(c2nc(=O)n(-c3c(C)nc4c(ncn4C)c3C(C)C)c3nc(-c4c(N)cccc4F)c(Cl)cc23)C[C@H]1C.C=CC(=O)N1C[C@H](C)N(c2nc(=O)n(-c3c(C)nc4c(ncn4C)c3C(C)C)c3nc(-c4c(O)cccc4F)c(Cl)cc23)C[C@H]1C.C=CC(=O)N1C[C@H](C)N(c2nc(=O)n(-c3c(F)cc4c(ncn4C)c3C(C)C)c3nc(-c4c(N)cccc4F)c(Cl)cc23)C[C@H]1C. The zero-order valence-electron chi connectivity index (χ0n) is 79.0. The normalized spacial score (nSPS) is 17.0. The lowest BCUT2D eigenvalue weighted by Crippen LogP contribution is -2.58. The highest BCUT2D eigenvalue weighted by Crippen LogP contribution is 2.46. The second-order valence-electron chi connectivity index (χ2n) is 36.2. The number of benzene rings is 4. The minimum absolute atomic E-state index is 0.0108. The first-order chi connectivity index (χ1) is 65.5. The van der Waals surface area contributed by atoms with Gasteiger partial charge >= 0.3 is 17.1 Å². The van der Waals surface area contributed by atoms with Crippen molar-refractivity contribution in [2.45, 2.75) is 151 Å². The quantitative estimate of drug-likeness (QED) is 0.0487.